The van der Waals surface area contributed by atoms with E-state index in [1.54, 1.807) is 12.1 Å². The van der Waals surface area contributed by atoms with Crippen molar-refractivity contribution in [2.24, 2.45) is 0 Å². The van der Waals surface area contributed by atoms with Gasteiger partial charge in [-0.2, -0.15) is 0 Å². The Bertz CT molecular complexity index is 1440. The van der Waals surface area contributed by atoms with Gasteiger partial charge in [0.15, 0.2) is 0 Å². The molecule has 45 heavy (non-hydrogen) atoms. The molecule has 0 aromatic heterocycles. The summed E-state index contributed by atoms with van der Waals surface area (Å²) < 4.78 is 11.1. The normalized spacial score (nSPS) is 40.2. The zero-order valence-corrected chi connectivity index (χ0v) is 24.0. The van der Waals surface area contributed by atoms with Crippen molar-refractivity contribution in [3.05, 3.63) is 47.5 Å². The predicted molar refractivity (Wildman–Crippen MR) is 156 cm³/mol. The zero-order chi connectivity index (χ0) is 32.2. The predicted octanol–water partition coefficient (Wildman–Crippen LogP) is -3.57. The van der Waals surface area contributed by atoms with Gasteiger partial charge in [0.05, 0.1) is 13.2 Å². The van der Waals surface area contributed by atoms with Gasteiger partial charge in [0.1, 0.15) is 97.7 Å². The fourth-order valence-electron chi connectivity index (χ4n) is 6.61. The number of aliphatic hydroxyl groups excluding tert-OH is 10. The van der Waals surface area contributed by atoms with E-state index in [4.69, 9.17) is 9.47 Å². The van der Waals surface area contributed by atoms with Crippen LogP contribution >= 0.6 is 0 Å². The van der Waals surface area contributed by atoms with Crippen molar-refractivity contribution in [1.29, 1.82) is 0 Å². The maximum atomic E-state index is 10.7. The Morgan fingerprint density at radius 3 is 1.36 bits per heavy atom. The highest BCUT2D eigenvalue weighted by molar-refractivity contribution is 5.96. The van der Waals surface area contributed by atoms with E-state index in [0.29, 0.717) is 11.1 Å². The second kappa shape index (κ2) is 12.3. The molecule has 3 fully saturated rings. The second-order valence-corrected chi connectivity index (χ2v) is 12.0. The molecule has 240 valence electrons. The van der Waals surface area contributed by atoms with E-state index in [0.717, 1.165) is 22.5 Å². The van der Waals surface area contributed by atoms with E-state index in [9.17, 15) is 51.1 Å². The molecule has 12 atom stereocenters. The van der Waals surface area contributed by atoms with Gasteiger partial charge < -0.3 is 60.5 Å². The molecule has 0 amide bonds. The molecule has 1 spiro atoms. The van der Waals surface area contributed by atoms with E-state index in [1.165, 1.54) is 0 Å². The highest BCUT2D eigenvalue weighted by atomic mass is 16.5. The van der Waals surface area contributed by atoms with Gasteiger partial charge in [-0.05, 0) is 24.3 Å². The number of nitrogens with zero attached hydrogens (tertiary/aromatic N) is 1. The molecule has 3 saturated heterocycles. The van der Waals surface area contributed by atoms with Crippen LogP contribution in [0.3, 0.4) is 0 Å². The van der Waals surface area contributed by atoms with Crippen molar-refractivity contribution < 1.29 is 60.5 Å². The summed E-state index contributed by atoms with van der Waals surface area (Å²) in [4.78, 5) is 0. The van der Waals surface area contributed by atoms with Crippen LogP contribution in [0.25, 0.3) is 11.1 Å². The number of hydrogen-bond donors (Lipinski definition) is 10. The minimum absolute atomic E-state index is 0.0954. The average molecular weight is 627 g/mol. The van der Waals surface area contributed by atoms with Gasteiger partial charge in [-0.3, -0.25) is 4.48 Å². The molecule has 13 nitrogen and oxygen atoms in total. The van der Waals surface area contributed by atoms with E-state index < -0.39 is 86.5 Å². The SMILES string of the molecule is OC[C@H]1O[C@H](C#Cc2ccc3c(c2)[N+]2(C[C@@H](O)[C@@H](O)C2)c2cc(C#C[C@H]4O[C@H](CO)[C@@H](O)[C@H](O)[C@@H]4O)ccc2-3)[C@@H](O)[C@@H](O)[C@@H]1O. The average Bonchev–Trinajstić information content (AvgIpc) is 3.49. The highest BCUT2D eigenvalue weighted by Crippen LogP contribution is 2.55. The Morgan fingerprint density at radius 1 is 0.578 bits per heavy atom. The van der Waals surface area contributed by atoms with Crippen LogP contribution in [0.1, 0.15) is 11.1 Å². The van der Waals surface area contributed by atoms with Crippen LogP contribution in [-0.4, -0.2) is 151 Å². The third kappa shape index (κ3) is 5.46. The number of fused-ring (bicyclic) bond motifs is 5. The topological polar surface area (TPSA) is 221 Å². The van der Waals surface area contributed by atoms with Gasteiger partial charge in [-0.25, -0.2) is 0 Å². The molecule has 4 aliphatic rings. The minimum Gasteiger partial charge on any atom is -0.394 e. The van der Waals surface area contributed by atoms with E-state index in [2.05, 4.69) is 23.7 Å². The van der Waals surface area contributed by atoms with Crippen molar-refractivity contribution >= 4 is 11.4 Å². The molecule has 0 aliphatic carbocycles. The molecule has 2 aromatic carbocycles. The summed E-state index contributed by atoms with van der Waals surface area (Å²) >= 11 is 0. The summed E-state index contributed by atoms with van der Waals surface area (Å²) in [7, 11) is 0. The van der Waals surface area contributed by atoms with Crippen molar-refractivity contribution in [2.45, 2.75) is 73.2 Å². The number of rotatable bonds is 2. The zero-order valence-electron chi connectivity index (χ0n) is 24.0. The lowest BCUT2D eigenvalue weighted by Crippen LogP contribution is -2.58. The molecule has 2 aromatic rings. The van der Waals surface area contributed by atoms with Crippen LogP contribution in [0.4, 0.5) is 11.4 Å². The summed E-state index contributed by atoms with van der Waals surface area (Å²) in [5.74, 6) is 11.4. The monoisotopic (exact) mass is 626 g/mol. The van der Waals surface area contributed by atoms with E-state index in [-0.39, 0.29) is 17.6 Å². The third-order valence-electron chi connectivity index (χ3n) is 9.15. The number of ether oxygens (including phenoxy) is 2. The van der Waals surface area contributed by atoms with Crippen LogP contribution in [0.2, 0.25) is 0 Å². The largest absolute Gasteiger partial charge is 0.394 e. The lowest BCUT2D eigenvalue weighted by atomic mass is 9.95. The van der Waals surface area contributed by atoms with Crippen molar-refractivity contribution in [2.75, 3.05) is 26.3 Å². The molecule has 0 saturated carbocycles. The molecule has 0 bridgehead atoms. The van der Waals surface area contributed by atoms with Crippen LogP contribution < -0.4 is 4.48 Å². The van der Waals surface area contributed by atoms with Crippen molar-refractivity contribution in [3.8, 4) is 34.8 Å². The molecule has 4 aliphatic heterocycles. The first-order valence-corrected chi connectivity index (χ1v) is 14.7. The molecule has 0 unspecified atom stereocenters. The molecular weight excluding hydrogens is 590 g/mol. The van der Waals surface area contributed by atoms with Crippen molar-refractivity contribution in [3.63, 3.8) is 0 Å². The minimum atomic E-state index is -1.55. The number of aliphatic hydroxyl groups is 10. The molecule has 6 rings (SSSR count). The van der Waals surface area contributed by atoms with Gasteiger partial charge in [-0.1, -0.05) is 23.7 Å². The lowest BCUT2D eigenvalue weighted by molar-refractivity contribution is -0.214. The number of benzene rings is 2. The molecule has 10 N–H and O–H groups in total. The standard InChI is InChI=1S/C32H36NO12/c34-13-25-29(40)31(42)27(38)23(44-25)7-3-15-1-5-17-18-6-2-16(4-8-24-28(39)32(43)30(41)26(14-35)45-24)10-20(18)33(19(17)9-15)11-21(36)22(37)12-33/h1-2,5-6,9-10,21-32,34-43H,11-14H2/q+1/t21-,22+,23-,24-,25-,26-,27-,28-,29-,30-,31-,32-/m1/s1. The Labute approximate surface area is 258 Å². The first-order chi connectivity index (χ1) is 21.5. The fraction of sp³-hybridized carbons (Fsp3) is 0.500. The Balaban J connectivity index is 1.33. The molecule has 0 radical (unpaired) electrons. The molecular formula is C32H36NO12+. The first-order valence-electron chi connectivity index (χ1n) is 14.7. The third-order valence-corrected chi connectivity index (χ3v) is 9.15. The van der Waals surface area contributed by atoms with Crippen LogP contribution in [0.5, 0.6) is 0 Å². The molecule has 4 heterocycles. The van der Waals surface area contributed by atoms with Crippen LogP contribution in [-0.2, 0) is 9.47 Å². The Kier molecular flexibility index (Phi) is 8.77. The highest BCUT2D eigenvalue weighted by Gasteiger charge is 2.53. The van der Waals surface area contributed by atoms with Crippen LogP contribution in [0.15, 0.2) is 36.4 Å². The van der Waals surface area contributed by atoms with E-state index >= 15 is 0 Å². The maximum Gasteiger partial charge on any atom is 0.147 e. The molecule has 13 heteroatoms. The van der Waals surface area contributed by atoms with Gasteiger partial charge in [-0.15, -0.1) is 0 Å². The number of quaternary nitrogens is 1. The smallest absolute Gasteiger partial charge is 0.147 e. The summed E-state index contributed by atoms with van der Waals surface area (Å²) in [6.07, 6.45) is -15.6. The quantitative estimate of drug-likeness (QED) is 0.116. The Morgan fingerprint density at radius 2 is 0.978 bits per heavy atom. The van der Waals surface area contributed by atoms with Gasteiger partial charge >= 0.3 is 0 Å². The van der Waals surface area contributed by atoms with Gasteiger partial charge in [0, 0.05) is 34.4 Å². The number of hydrogen-bond acceptors (Lipinski definition) is 12. The summed E-state index contributed by atoms with van der Waals surface area (Å²) in [5, 5.41) is 101. The van der Waals surface area contributed by atoms with Gasteiger partial charge in [0.25, 0.3) is 0 Å². The first kappa shape index (κ1) is 32.0. The summed E-state index contributed by atoms with van der Waals surface area (Å²) in [5.41, 5.74) is 4.26. The van der Waals surface area contributed by atoms with E-state index in [1.807, 2.05) is 24.3 Å². The van der Waals surface area contributed by atoms with Crippen molar-refractivity contribution in [1.82, 2.24) is 4.48 Å². The lowest BCUT2D eigenvalue weighted by Gasteiger charge is -2.37. The maximum absolute atomic E-state index is 10.7. The van der Waals surface area contributed by atoms with Gasteiger partial charge in [0.2, 0.25) is 0 Å². The second-order valence-electron chi connectivity index (χ2n) is 12.0. The summed E-state index contributed by atoms with van der Waals surface area (Å²) in [6.45, 7) is -0.817. The van der Waals surface area contributed by atoms with Crippen LogP contribution in [0, 0.1) is 23.7 Å². The Hall–Kier alpha value is -2.96. The fourth-order valence-corrected chi connectivity index (χ4v) is 6.61. The summed E-state index contributed by atoms with van der Waals surface area (Å²) in [6, 6.07) is 10.9.